The molecule has 1 heterocycles. The molecule has 0 fully saturated rings. The lowest BCUT2D eigenvalue weighted by Gasteiger charge is -2.27. The molecule has 50 heavy (non-hydrogen) atoms. The van der Waals surface area contributed by atoms with Gasteiger partial charge in [-0.15, -0.1) is 0 Å². The highest BCUT2D eigenvalue weighted by molar-refractivity contribution is 6.10. The fraction of sp³-hybridized carbons (Fsp3) is 0. The van der Waals surface area contributed by atoms with Crippen molar-refractivity contribution in [2.24, 2.45) is 0 Å². The molecule has 1 aromatic heterocycles. The molecule has 0 N–H and O–H groups in total. The monoisotopic (exact) mass is 638 g/mol. The zero-order valence-electron chi connectivity index (χ0n) is 27.5. The van der Waals surface area contributed by atoms with Gasteiger partial charge >= 0.3 is 0 Å². The number of rotatable bonds is 7. The first-order chi connectivity index (χ1) is 24.8. The van der Waals surface area contributed by atoms with Gasteiger partial charge in [-0.3, -0.25) is 0 Å². The quantitative estimate of drug-likeness (QED) is 0.169. The third-order valence-corrected chi connectivity index (χ3v) is 9.59. The average Bonchev–Trinajstić information content (AvgIpc) is 3.53. The van der Waals surface area contributed by atoms with E-state index in [2.05, 4.69) is 216 Å². The van der Waals surface area contributed by atoms with Gasteiger partial charge < -0.3 is 9.47 Å². The van der Waals surface area contributed by atoms with Crippen LogP contribution in [-0.4, -0.2) is 4.57 Å². The fourth-order valence-corrected chi connectivity index (χ4v) is 7.23. The van der Waals surface area contributed by atoms with Crippen LogP contribution in [0.4, 0.5) is 17.1 Å². The van der Waals surface area contributed by atoms with Gasteiger partial charge in [0.25, 0.3) is 0 Å². The molecule has 0 radical (unpaired) electrons. The molecule has 0 atom stereocenters. The van der Waals surface area contributed by atoms with Crippen LogP contribution in [0.25, 0.3) is 60.9 Å². The van der Waals surface area contributed by atoms with Crippen LogP contribution in [-0.2, 0) is 0 Å². The van der Waals surface area contributed by atoms with Crippen LogP contribution in [0.5, 0.6) is 0 Å². The second-order valence-electron chi connectivity index (χ2n) is 12.6. The predicted molar refractivity (Wildman–Crippen MR) is 212 cm³/mol. The molecule has 236 valence electrons. The number of nitrogens with zero attached hydrogens (tertiary/aromatic N) is 2. The van der Waals surface area contributed by atoms with Crippen molar-refractivity contribution in [3.05, 3.63) is 206 Å². The first-order valence-electron chi connectivity index (χ1n) is 17.1. The summed E-state index contributed by atoms with van der Waals surface area (Å²) in [6.45, 7) is 0. The summed E-state index contributed by atoms with van der Waals surface area (Å²) in [4.78, 5) is 2.38. The Bertz CT molecular complexity index is 2550. The summed E-state index contributed by atoms with van der Waals surface area (Å²) in [5, 5.41) is 2.48. The maximum atomic E-state index is 2.38. The Morgan fingerprint density at radius 1 is 0.300 bits per heavy atom. The topological polar surface area (TPSA) is 8.17 Å². The maximum Gasteiger partial charge on any atom is 0.0561 e. The van der Waals surface area contributed by atoms with Crippen molar-refractivity contribution in [3.63, 3.8) is 0 Å². The van der Waals surface area contributed by atoms with Crippen LogP contribution in [0.3, 0.4) is 0 Å². The van der Waals surface area contributed by atoms with Crippen molar-refractivity contribution >= 4 is 38.9 Å². The summed E-state index contributed by atoms with van der Waals surface area (Å²) in [5.41, 5.74) is 14.0. The minimum absolute atomic E-state index is 1.10. The van der Waals surface area contributed by atoms with Gasteiger partial charge in [0.2, 0.25) is 0 Å². The molecule has 0 aliphatic heterocycles. The largest absolute Gasteiger partial charge is 0.310 e. The van der Waals surface area contributed by atoms with Gasteiger partial charge in [-0.05, 0) is 88.0 Å². The van der Waals surface area contributed by atoms with E-state index >= 15 is 0 Å². The van der Waals surface area contributed by atoms with Crippen molar-refractivity contribution in [2.45, 2.75) is 0 Å². The van der Waals surface area contributed by atoms with Crippen LogP contribution in [0.2, 0.25) is 0 Å². The second-order valence-corrected chi connectivity index (χ2v) is 12.6. The van der Waals surface area contributed by atoms with E-state index in [0.29, 0.717) is 0 Å². The minimum Gasteiger partial charge on any atom is -0.310 e. The Labute approximate surface area is 292 Å². The van der Waals surface area contributed by atoms with Gasteiger partial charge in [-0.2, -0.15) is 0 Å². The second kappa shape index (κ2) is 12.8. The number of aromatic nitrogens is 1. The van der Waals surface area contributed by atoms with E-state index in [4.69, 9.17) is 0 Å². The summed E-state index contributed by atoms with van der Waals surface area (Å²) in [6.07, 6.45) is 0. The number of benzene rings is 8. The van der Waals surface area contributed by atoms with Gasteiger partial charge in [-0.1, -0.05) is 152 Å². The third kappa shape index (κ3) is 5.34. The lowest BCUT2D eigenvalue weighted by atomic mass is 9.92. The molecule has 9 rings (SSSR count). The lowest BCUT2D eigenvalue weighted by molar-refractivity contribution is 1.18. The predicted octanol–water partition coefficient (Wildman–Crippen LogP) is 13.3. The average molecular weight is 639 g/mol. The third-order valence-electron chi connectivity index (χ3n) is 9.59. The summed E-state index contributed by atoms with van der Waals surface area (Å²) < 4.78 is 2.38. The summed E-state index contributed by atoms with van der Waals surface area (Å²) in [7, 11) is 0. The van der Waals surface area contributed by atoms with Crippen molar-refractivity contribution < 1.29 is 0 Å². The van der Waals surface area contributed by atoms with Gasteiger partial charge in [0.1, 0.15) is 0 Å². The van der Waals surface area contributed by atoms with Crippen LogP contribution in [0.15, 0.2) is 206 Å². The maximum absolute atomic E-state index is 2.38. The Morgan fingerprint density at radius 3 is 1.52 bits per heavy atom. The molecule has 0 bridgehead atoms. The number of hydrogen-bond donors (Lipinski definition) is 0. The smallest absolute Gasteiger partial charge is 0.0561 e. The Balaban J connectivity index is 1.24. The lowest BCUT2D eigenvalue weighted by Crippen LogP contribution is -2.10. The zero-order valence-corrected chi connectivity index (χ0v) is 27.5. The Morgan fingerprint density at radius 2 is 0.800 bits per heavy atom. The molecule has 8 aromatic carbocycles. The van der Waals surface area contributed by atoms with Crippen LogP contribution in [0.1, 0.15) is 0 Å². The summed E-state index contributed by atoms with van der Waals surface area (Å²) in [6, 6.07) is 74.1. The van der Waals surface area contributed by atoms with E-state index in [9.17, 15) is 0 Å². The summed E-state index contributed by atoms with van der Waals surface area (Å²) >= 11 is 0. The highest BCUT2D eigenvalue weighted by Gasteiger charge is 2.19. The molecule has 0 amide bonds. The molecule has 0 aliphatic rings. The van der Waals surface area contributed by atoms with Crippen molar-refractivity contribution in [3.8, 4) is 39.1 Å². The van der Waals surface area contributed by atoms with E-state index in [1.54, 1.807) is 0 Å². The number of para-hydroxylation sites is 3. The molecule has 0 saturated carbocycles. The van der Waals surface area contributed by atoms with E-state index < -0.39 is 0 Å². The summed E-state index contributed by atoms with van der Waals surface area (Å²) in [5.74, 6) is 0. The van der Waals surface area contributed by atoms with E-state index in [1.807, 2.05) is 0 Å². The highest BCUT2D eigenvalue weighted by atomic mass is 15.1. The number of hydrogen-bond acceptors (Lipinski definition) is 1. The van der Waals surface area contributed by atoms with E-state index in [1.165, 1.54) is 55.2 Å². The molecule has 0 aliphatic carbocycles. The molecule has 2 heteroatoms. The van der Waals surface area contributed by atoms with Crippen LogP contribution < -0.4 is 4.90 Å². The Hall–Kier alpha value is -6.64. The SMILES string of the molecule is c1ccc(-c2ccc(-c3cc(N(c4ccccc4)c4ccc5c6ccccc6n(-c6ccccc6)c5c4)ccc3-c3ccccc3)cc2)cc1. The minimum atomic E-state index is 1.10. The van der Waals surface area contributed by atoms with Gasteiger partial charge in [0.15, 0.2) is 0 Å². The van der Waals surface area contributed by atoms with Crippen LogP contribution >= 0.6 is 0 Å². The standard InChI is InChI=1S/C48H34N2/c1-5-15-35(16-6-1)36-25-27-38(28-26-36)46-33-41(29-31-43(46)37-17-7-2-8-18-37)49(39-19-9-3-10-20-39)42-30-32-45-44-23-13-14-24-47(44)50(48(45)34-42)40-21-11-4-12-22-40/h1-34H. The first-order valence-corrected chi connectivity index (χ1v) is 17.1. The van der Waals surface area contributed by atoms with Crippen molar-refractivity contribution in [2.75, 3.05) is 4.90 Å². The molecule has 0 unspecified atom stereocenters. The normalized spacial score (nSPS) is 11.2. The molecular weight excluding hydrogens is 605 g/mol. The number of anilines is 3. The fourth-order valence-electron chi connectivity index (χ4n) is 7.23. The first kappa shape index (κ1) is 29.5. The highest BCUT2D eigenvalue weighted by Crippen LogP contribution is 2.43. The van der Waals surface area contributed by atoms with E-state index in [0.717, 1.165) is 22.7 Å². The number of fused-ring (bicyclic) bond motifs is 3. The van der Waals surface area contributed by atoms with Crippen LogP contribution in [0, 0.1) is 0 Å². The van der Waals surface area contributed by atoms with Gasteiger partial charge in [0.05, 0.1) is 11.0 Å². The van der Waals surface area contributed by atoms with Crippen molar-refractivity contribution in [1.82, 2.24) is 4.57 Å². The molecule has 2 nitrogen and oxygen atoms in total. The molecule has 0 spiro atoms. The molecular formula is C48H34N2. The van der Waals surface area contributed by atoms with Gasteiger partial charge in [0, 0.05) is 33.5 Å². The molecule has 0 saturated heterocycles. The van der Waals surface area contributed by atoms with E-state index in [-0.39, 0.29) is 0 Å². The Kier molecular flexibility index (Phi) is 7.53. The molecule has 9 aromatic rings. The van der Waals surface area contributed by atoms with Gasteiger partial charge in [-0.25, -0.2) is 0 Å². The zero-order chi connectivity index (χ0) is 33.3. The van der Waals surface area contributed by atoms with Crippen molar-refractivity contribution in [1.29, 1.82) is 0 Å².